The Morgan fingerprint density at radius 3 is 1.29 bits per heavy atom. The van der Waals surface area contributed by atoms with Crippen molar-refractivity contribution in [2.45, 2.75) is 0 Å². The van der Waals surface area contributed by atoms with E-state index in [0.717, 1.165) is 6.54 Å². The minimum Gasteiger partial charge on any atom is -0.329 e. The number of nitrogens with two attached hydrogens (primary N) is 1. The van der Waals surface area contributed by atoms with Crippen LogP contribution in [0.5, 0.6) is 0 Å². The summed E-state index contributed by atoms with van der Waals surface area (Å²) >= 11 is 0. The highest BCUT2D eigenvalue weighted by molar-refractivity contribution is 7.09. The number of hydrogen-bond acceptors (Lipinski definition) is 2. The Kier molecular flexibility index (Phi) is 5.26. The first kappa shape index (κ1) is 16.6. The minimum absolute atomic E-state index is 0.651. The third kappa shape index (κ3) is 2.94. The number of benzene rings is 3. The number of nitrogens with zero attached hydrogens (tertiary/aromatic N) is 1. The summed E-state index contributed by atoms with van der Waals surface area (Å²) in [5.41, 5.74) is 5.94. The second-order valence-electron chi connectivity index (χ2n) is 6.02. The summed E-state index contributed by atoms with van der Waals surface area (Å²) in [4.78, 5) is 0. The highest BCUT2D eigenvalue weighted by Gasteiger charge is 2.43. The molecule has 0 radical (unpaired) electrons. The van der Waals surface area contributed by atoms with Crippen LogP contribution in [0.3, 0.4) is 0 Å². The molecule has 0 heterocycles. The fourth-order valence-corrected chi connectivity index (χ4v) is 8.37. The summed E-state index contributed by atoms with van der Waals surface area (Å²) in [7, 11) is -0.0805. The Labute approximate surface area is 145 Å². The number of rotatable bonds is 6. The lowest BCUT2D eigenvalue weighted by Gasteiger charge is -2.41. The molecule has 0 saturated carbocycles. The lowest BCUT2D eigenvalue weighted by atomic mass is 10.3. The molecule has 3 rings (SSSR count). The van der Waals surface area contributed by atoms with Crippen molar-refractivity contribution in [3.8, 4) is 0 Å². The highest BCUT2D eigenvalue weighted by atomic mass is 28.3. The number of likely N-dealkylation sites (N-methyl/N-ethyl adjacent to an activating group) is 1. The molecule has 3 aromatic carbocycles. The molecule has 0 unspecified atom stereocenters. The molecule has 0 aliphatic rings. The predicted octanol–water partition coefficient (Wildman–Crippen LogP) is 1.54. The summed E-state index contributed by atoms with van der Waals surface area (Å²) in [6.45, 7) is 1.52. The maximum atomic E-state index is 5.94. The molecular formula is C21H24N2Si. The van der Waals surface area contributed by atoms with Gasteiger partial charge in [0.05, 0.1) is 0 Å². The molecule has 0 atom stereocenters. The van der Waals surface area contributed by atoms with Crippen LogP contribution in [-0.2, 0) is 0 Å². The van der Waals surface area contributed by atoms with E-state index in [2.05, 4.69) is 103 Å². The van der Waals surface area contributed by atoms with E-state index in [1.807, 2.05) is 0 Å². The van der Waals surface area contributed by atoms with Gasteiger partial charge in [-0.15, -0.1) is 0 Å². The molecule has 0 saturated heterocycles. The van der Waals surface area contributed by atoms with Gasteiger partial charge in [0.1, 0.15) is 0 Å². The van der Waals surface area contributed by atoms with Crippen LogP contribution in [0.2, 0.25) is 0 Å². The molecule has 0 aliphatic heterocycles. The Balaban J connectivity index is 2.33. The van der Waals surface area contributed by atoms with Gasteiger partial charge in [0.25, 0.3) is 0 Å². The van der Waals surface area contributed by atoms with Gasteiger partial charge in [0.15, 0.2) is 0 Å². The van der Waals surface area contributed by atoms with Gasteiger partial charge in [-0.2, -0.15) is 0 Å². The zero-order valence-corrected chi connectivity index (χ0v) is 15.1. The van der Waals surface area contributed by atoms with Crippen LogP contribution in [0.1, 0.15) is 0 Å². The zero-order valence-electron chi connectivity index (χ0n) is 14.1. The van der Waals surface area contributed by atoms with Crippen LogP contribution in [0, 0.1) is 0 Å². The van der Waals surface area contributed by atoms with Gasteiger partial charge >= 0.3 is 0 Å². The second-order valence-corrected chi connectivity index (χ2v) is 9.94. The van der Waals surface area contributed by atoms with Crippen molar-refractivity contribution in [2.24, 2.45) is 5.73 Å². The Morgan fingerprint density at radius 1 is 0.667 bits per heavy atom. The van der Waals surface area contributed by atoms with Crippen molar-refractivity contribution in [3.63, 3.8) is 0 Å². The van der Waals surface area contributed by atoms with E-state index in [1.54, 1.807) is 0 Å². The molecule has 0 spiro atoms. The topological polar surface area (TPSA) is 29.3 Å². The van der Waals surface area contributed by atoms with E-state index in [0.29, 0.717) is 6.54 Å². The van der Waals surface area contributed by atoms with Crippen molar-refractivity contribution in [1.29, 1.82) is 0 Å². The standard InChI is InChI=1S/C21H24N2Si/c1-23(18-17-22)24(19-11-5-2-6-12-19,20-13-7-3-8-14-20)21-15-9-4-10-16-21/h2-16H,17-18,22H2,1H3. The van der Waals surface area contributed by atoms with E-state index in [4.69, 9.17) is 5.73 Å². The summed E-state index contributed by atoms with van der Waals surface area (Å²) in [5, 5.41) is 4.16. The SMILES string of the molecule is CN(CCN)[Si](c1ccccc1)(c1ccccc1)c1ccccc1. The molecule has 24 heavy (non-hydrogen) atoms. The molecule has 2 nitrogen and oxygen atoms in total. The van der Waals surface area contributed by atoms with Crippen LogP contribution >= 0.6 is 0 Å². The predicted molar refractivity (Wildman–Crippen MR) is 106 cm³/mol. The molecule has 0 fully saturated rings. The van der Waals surface area contributed by atoms with Gasteiger partial charge in [-0.3, -0.25) is 0 Å². The van der Waals surface area contributed by atoms with Crippen molar-refractivity contribution < 1.29 is 0 Å². The average molecular weight is 333 g/mol. The third-order valence-electron chi connectivity index (χ3n) is 4.61. The molecule has 0 amide bonds. The van der Waals surface area contributed by atoms with E-state index in [-0.39, 0.29) is 0 Å². The molecule has 3 aromatic rings. The lowest BCUT2D eigenvalue weighted by molar-refractivity contribution is 0.532. The van der Waals surface area contributed by atoms with Crippen molar-refractivity contribution in [3.05, 3.63) is 91.0 Å². The largest absolute Gasteiger partial charge is 0.329 e. The van der Waals surface area contributed by atoms with Gasteiger partial charge in [-0.05, 0) is 22.6 Å². The normalized spacial score (nSPS) is 11.6. The van der Waals surface area contributed by atoms with E-state index >= 15 is 0 Å². The van der Waals surface area contributed by atoms with Gasteiger partial charge < -0.3 is 10.3 Å². The molecule has 0 bridgehead atoms. The number of hydrogen-bond donors (Lipinski definition) is 1. The smallest absolute Gasteiger partial charge is 0.224 e. The first-order valence-electron chi connectivity index (χ1n) is 8.38. The third-order valence-corrected chi connectivity index (χ3v) is 9.49. The van der Waals surface area contributed by atoms with Crippen LogP contribution in [0.25, 0.3) is 0 Å². The van der Waals surface area contributed by atoms with Gasteiger partial charge in [0.2, 0.25) is 8.24 Å². The zero-order chi connectivity index (χ0) is 16.8. The molecule has 0 aromatic heterocycles. The van der Waals surface area contributed by atoms with Crippen LogP contribution in [-0.4, -0.2) is 32.9 Å². The Morgan fingerprint density at radius 2 is 1.00 bits per heavy atom. The maximum absolute atomic E-state index is 5.94. The summed E-state index contributed by atoms with van der Waals surface area (Å²) in [5.74, 6) is 0. The molecular weight excluding hydrogens is 308 g/mol. The summed E-state index contributed by atoms with van der Waals surface area (Å²) < 4.78 is 2.49. The molecule has 122 valence electrons. The quantitative estimate of drug-likeness (QED) is 0.548. The molecule has 2 N–H and O–H groups in total. The van der Waals surface area contributed by atoms with Gasteiger partial charge in [-0.25, -0.2) is 0 Å². The fourth-order valence-electron chi connectivity index (χ4n) is 3.56. The first-order valence-corrected chi connectivity index (χ1v) is 10.3. The van der Waals surface area contributed by atoms with E-state index in [9.17, 15) is 0 Å². The fraction of sp³-hybridized carbons (Fsp3) is 0.143. The van der Waals surface area contributed by atoms with E-state index < -0.39 is 8.24 Å². The lowest BCUT2D eigenvalue weighted by Crippen LogP contribution is -2.76. The monoisotopic (exact) mass is 332 g/mol. The average Bonchev–Trinajstić information content (AvgIpc) is 2.65. The molecule has 0 aliphatic carbocycles. The summed E-state index contributed by atoms with van der Waals surface area (Å²) in [6, 6.07) is 32.7. The first-order chi connectivity index (χ1) is 11.8. The van der Waals surface area contributed by atoms with Crippen LogP contribution in [0.15, 0.2) is 91.0 Å². The van der Waals surface area contributed by atoms with Gasteiger partial charge in [-0.1, -0.05) is 91.0 Å². The van der Waals surface area contributed by atoms with Crippen LogP contribution in [0.4, 0.5) is 0 Å². The van der Waals surface area contributed by atoms with E-state index in [1.165, 1.54) is 15.6 Å². The molecule has 3 heteroatoms. The van der Waals surface area contributed by atoms with Crippen molar-refractivity contribution >= 4 is 23.8 Å². The minimum atomic E-state index is -2.29. The Hall–Kier alpha value is -2.20. The van der Waals surface area contributed by atoms with Crippen LogP contribution < -0.4 is 21.3 Å². The highest BCUT2D eigenvalue weighted by Crippen LogP contribution is 2.11. The van der Waals surface area contributed by atoms with Crippen molar-refractivity contribution in [1.82, 2.24) is 4.57 Å². The van der Waals surface area contributed by atoms with Crippen molar-refractivity contribution in [2.75, 3.05) is 20.1 Å². The second kappa shape index (κ2) is 7.58. The van der Waals surface area contributed by atoms with Gasteiger partial charge in [0, 0.05) is 13.1 Å². The maximum Gasteiger partial charge on any atom is 0.224 e. The summed E-state index contributed by atoms with van der Waals surface area (Å²) in [6.07, 6.45) is 0. The Bertz CT molecular complexity index is 648.